The van der Waals surface area contributed by atoms with Gasteiger partial charge >= 0.3 is 0 Å². The molecule has 1 aliphatic carbocycles. The fourth-order valence-electron chi connectivity index (χ4n) is 2.73. The van der Waals surface area contributed by atoms with E-state index >= 15 is 0 Å². The first kappa shape index (κ1) is 19.3. The molecule has 7 nitrogen and oxygen atoms in total. The number of hydrogen-bond acceptors (Lipinski definition) is 5. The van der Waals surface area contributed by atoms with Gasteiger partial charge in [-0.15, -0.1) is 0 Å². The summed E-state index contributed by atoms with van der Waals surface area (Å²) in [6.07, 6.45) is 0.214. The lowest BCUT2D eigenvalue weighted by Crippen LogP contribution is -2.46. The Morgan fingerprint density at radius 2 is 1.85 bits per heavy atom. The Bertz CT molecular complexity index is 941. The van der Waals surface area contributed by atoms with Gasteiger partial charge in [0.05, 0.1) is 23.7 Å². The maximum atomic E-state index is 13.0. The van der Waals surface area contributed by atoms with Crippen molar-refractivity contribution in [3.63, 3.8) is 0 Å². The van der Waals surface area contributed by atoms with E-state index in [0.717, 1.165) is 0 Å². The molecule has 2 aromatic carbocycles. The van der Waals surface area contributed by atoms with Crippen LogP contribution in [0.3, 0.4) is 0 Å². The molecule has 2 aromatic rings. The van der Waals surface area contributed by atoms with E-state index in [4.69, 9.17) is 4.74 Å². The third-order valence-electron chi connectivity index (χ3n) is 4.26. The van der Waals surface area contributed by atoms with Crippen LogP contribution in [0, 0.1) is 5.82 Å². The maximum Gasteiger partial charge on any atom is 0.259 e. The van der Waals surface area contributed by atoms with E-state index in [1.54, 1.807) is 0 Å². The third-order valence-corrected chi connectivity index (χ3v) is 5.78. The number of halogens is 1. The lowest BCUT2D eigenvalue weighted by Gasteiger charge is -2.31. The van der Waals surface area contributed by atoms with Crippen LogP contribution in [0.1, 0.15) is 23.2 Å². The Morgan fingerprint density at radius 1 is 1.19 bits per heavy atom. The van der Waals surface area contributed by atoms with Gasteiger partial charge < -0.3 is 15.2 Å². The number of carbonyl (C=O) groups is 1. The van der Waals surface area contributed by atoms with Gasteiger partial charge in [-0.2, -0.15) is 0 Å². The predicted molar refractivity (Wildman–Crippen MR) is 96.7 cm³/mol. The van der Waals surface area contributed by atoms with E-state index in [1.807, 2.05) is 0 Å². The monoisotopic (exact) mass is 394 g/mol. The van der Waals surface area contributed by atoms with Crippen molar-refractivity contribution in [1.29, 1.82) is 0 Å². The molecule has 0 heterocycles. The molecule has 0 aromatic heterocycles. The first-order valence-corrected chi connectivity index (χ1v) is 9.72. The van der Waals surface area contributed by atoms with Crippen molar-refractivity contribution < 1.29 is 27.4 Å². The number of amides is 1. The highest BCUT2D eigenvalue weighted by atomic mass is 32.2. The molecule has 0 aliphatic heterocycles. The average Bonchev–Trinajstić information content (AvgIpc) is 2.61. The normalized spacial score (nSPS) is 19.2. The Hall–Kier alpha value is -2.49. The highest BCUT2D eigenvalue weighted by Gasteiger charge is 2.31. The maximum absolute atomic E-state index is 13.0. The second-order valence-electron chi connectivity index (χ2n) is 6.27. The molecule has 144 valence electrons. The molecular weight excluding hydrogens is 375 g/mol. The number of benzene rings is 2. The number of rotatable bonds is 6. The van der Waals surface area contributed by atoms with Crippen LogP contribution in [0.15, 0.2) is 47.4 Å². The van der Waals surface area contributed by atoms with Gasteiger partial charge in [-0.1, -0.05) is 0 Å². The van der Waals surface area contributed by atoms with Crippen molar-refractivity contribution in [2.45, 2.75) is 29.9 Å². The van der Waals surface area contributed by atoms with Crippen molar-refractivity contribution >= 4 is 21.6 Å². The quantitative estimate of drug-likeness (QED) is 0.694. The predicted octanol–water partition coefficient (Wildman–Crippen LogP) is 1.89. The number of aliphatic hydroxyl groups is 1. The molecule has 9 heteroatoms. The summed E-state index contributed by atoms with van der Waals surface area (Å²) >= 11 is 0. The van der Waals surface area contributed by atoms with E-state index < -0.39 is 27.9 Å². The first-order valence-electron chi connectivity index (χ1n) is 8.24. The fourth-order valence-corrected chi connectivity index (χ4v) is 4.02. The summed E-state index contributed by atoms with van der Waals surface area (Å²) in [6, 6.07) is 8.80. The molecule has 3 rings (SSSR count). The highest BCUT2D eigenvalue weighted by molar-refractivity contribution is 7.89. The fraction of sp³-hybridized carbons (Fsp3) is 0.278. The minimum absolute atomic E-state index is 0.0262. The molecule has 0 radical (unpaired) electrons. The van der Waals surface area contributed by atoms with Crippen LogP contribution in [0.5, 0.6) is 5.75 Å². The molecule has 1 amide bonds. The minimum atomic E-state index is -3.85. The van der Waals surface area contributed by atoms with Crippen LogP contribution in [0.2, 0.25) is 0 Å². The Morgan fingerprint density at radius 3 is 2.44 bits per heavy atom. The second kappa shape index (κ2) is 7.63. The average molecular weight is 394 g/mol. The Kier molecular flexibility index (Phi) is 5.45. The number of ether oxygens (including phenoxy) is 1. The summed E-state index contributed by atoms with van der Waals surface area (Å²) in [4.78, 5) is 12.5. The van der Waals surface area contributed by atoms with E-state index in [0.29, 0.717) is 18.5 Å². The molecular formula is C18H19FN2O5S. The zero-order valence-electron chi connectivity index (χ0n) is 14.5. The summed E-state index contributed by atoms with van der Waals surface area (Å²) in [5, 5.41) is 11.9. The van der Waals surface area contributed by atoms with Gasteiger partial charge in [0.25, 0.3) is 5.91 Å². The molecule has 1 saturated carbocycles. The summed E-state index contributed by atoms with van der Waals surface area (Å²) in [7, 11) is -2.48. The van der Waals surface area contributed by atoms with Crippen LogP contribution >= 0.6 is 0 Å². The molecule has 0 saturated heterocycles. The van der Waals surface area contributed by atoms with Crippen LogP contribution in [0.4, 0.5) is 10.1 Å². The van der Waals surface area contributed by atoms with Gasteiger partial charge in [-0.25, -0.2) is 17.5 Å². The molecule has 0 bridgehead atoms. The smallest absolute Gasteiger partial charge is 0.259 e. The number of nitrogens with one attached hydrogen (secondary N) is 2. The van der Waals surface area contributed by atoms with Crippen LogP contribution in [-0.4, -0.2) is 38.7 Å². The number of anilines is 1. The van der Waals surface area contributed by atoms with Gasteiger partial charge in [0, 0.05) is 11.7 Å². The summed E-state index contributed by atoms with van der Waals surface area (Å²) in [5.74, 6) is -0.826. The van der Waals surface area contributed by atoms with Crippen LogP contribution < -0.4 is 14.8 Å². The molecule has 27 heavy (non-hydrogen) atoms. The van der Waals surface area contributed by atoms with Gasteiger partial charge in [0.15, 0.2) is 0 Å². The summed E-state index contributed by atoms with van der Waals surface area (Å²) < 4.78 is 45.6. The standard InChI is InChI=1S/C18H19FN2O5S/c1-26-17-7-6-15(27(24,25)21-13-8-14(22)9-13)10-16(17)18(23)20-12-4-2-11(19)3-5-12/h2-7,10,13-14,21-22H,8-9H2,1H3,(H,20,23)/t13-,14-. The molecule has 0 atom stereocenters. The van der Waals surface area contributed by atoms with Gasteiger partial charge in [-0.05, 0) is 55.3 Å². The summed E-state index contributed by atoms with van der Waals surface area (Å²) in [6.45, 7) is 0. The molecule has 3 N–H and O–H groups in total. The topological polar surface area (TPSA) is 105 Å². The molecule has 1 aliphatic rings. The van der Waals surface area contributed by atoms with Crippen molar-refractivity contribution in [3.05, 3.63) is 53.8 Å². The largest absolute Gasteiger partial charge is 0.496 e. The first-order chi connectivity index (χ1) is 12.8. The third kappa shape index (κ3) is 4.44. The van der Waals surface area contributed by atoms with Crippen molar-refractivity contribution in [3.8, 4) is 5.75 Å². The molecule has 0 unspecified atom stereocenters. The number of hydrogen-bond donors (Lipinski definition) is 3. The minimum Gasteiger partial charge on any atom is -0.496 e. The second-order valence-corrected chi connectivity index (χ2v) is 7.98. The number of sulfonamides is 1. The number of aliphatic hydroxyl groups excluding tert-OH is 1. The van der Waals surface area contributed by atoms with E-state index in [9.17, 15) is 22.7 Å². The zero-order valence-corrected chi connectivity index (χ0v) is 15.3. The van der Waals surface area contributed by atoms with Crippen molar-refractivity contribution in [1.82, 2.24) is 4.72 Å². The van der Waals surface area contributed by atoms with Gasteiger partial charge in [0.1, 0.15) is 11.6 Å². The van der Waals surface area contributed by atoms with Crippen molar-refractivity contribution in [2.24, 2.45) is 0 Å². The summed E-state index contributed by atoms with van der Waals surface area (Å²) in [5.41, 5.74) is 0.386. The van der Waals surface area contributed by atoms with E-state index in [2.05, 4.69) is 10.0 Å². The van der Waals surface area contributed by atoms with Gasteiger partial charge in [0.2, 0.25) is 10.0 Å². The van der Waals surface area contributed by atoms with Crippen LogP contribution in [0.25, 0.3) is 0 Å². The molecule has 1 fully saturated rings. The van der Waals surface area contributed by atoms with E-state index in [-0.39, 0.29) is 22.3 Å². The lowest BCUT2D eigenvalue weighted by molar-refractivity contribution is 0.0712. The molecule has 0 spiro atoms. The zero-order chi connectivity index (χ0) is 19.6. The highest BCUT2D eigenvalue weighted by Crippen LogP contribution is 2.26. The van der Waals surface area contributed by atoms with E-state index in [1.165, 1.54) is 49.6 Å². The Balaban J connectivity index is 1.84. The van der Waals surface area contributed by atoms with Crippen molar-refractivity contribution in [2.75, 3.05) is 12.4 Å². The van der Waals surface area contributed by atoms with Gasteiger partial charge in [-0.3, -0.25) is 4.79 Å². The number of carbonyl (C=O) groups excluding carboxylic acids is 1. The van der Waals surface area contributed by atoms with Crippen LogP contribution in [-0.2, 0) is 10.0 Å². The lowest BCUT2D eigenvalue weighted by atomic mass is 9.91. The Labute approximate surface area is 156 Å². The SMILES string of the molecule is COc1ccc(S(=O)(=O)N[C@H]2C[C@H](O)C2)cc1C(=O)Nc1ccc(F)cc1. The number of methoxy groups -OCH3 is 1.